The monoisotopic (exact) mass is 294 g/mol. The summed E-state index contributed by atoms with van der Waals surface area (Å²) in [5.41, 5.74) is 2.10. The van der Waals surface area contributed by atoms with Crippen molar-refractivity contribution in [3.63, 3.8) is 0 Å². The van der Waals surface area contributed by atoms with Crippen LogP contribution in [-0.4, -0.2) is 16.7 Å². The molecule has 1 heterocycles. The zero-order chi connectivity index (χ0) is 14.7. The van der Waals surface area contributed by atoms with Crippen LogP contribution >= 0.6 is 11.6 Å². The summed E-state index contributed by atoms with van der Waals surface area (Å²) in [5, 5.41) is -0.0947. The molecule has 0 aliphatic rings. The second kappa shape index (κ2) is 6.49. The highest BCUT2D eigenvalue weighted by Crippen LogP contribution is 2.29. The van der Waals surface area contributed by atoms with Gasteiger partial charge in [-0.25, -0.2) is 4.98 Å². The van der Waals surface area contributed by atoms with Gasteiger partial charge < -0.3 is 9.30 Å². The Bertz CT molecular complexity index is 573. The highest BCUT2D eigenvalue weighted by Gasteiger charge is 2.17. The Kier molecular flexibility index (Phi) is 4.92. The third-order valence-corrected chi connectivity index (χ3v) is 4.13. The Morgan fingerprint density at radius 1 is 1.30 bits per heavy atom. The lowest BCUT2D eigenvalue weighted by Gasteiger charge is -2.17. The maximum Gasteiger partial charge on any atom is 0.127 e. The van der Waals surface area contributed by atoms with E-state index in [9.17, 15) is 0 Å². The fourth-order valence-electron chi connectivity index (χ4n) is 2.55. The van der Waals surface area contributed by atoms with Crippen molar-refractivity contribution in [1.29, 1.82) is 0 Å². The van der Waals surface area contributed by atoms with Crippen molar-refractivity contribution in [1.82, 2.24) is 9.55 Å². The molecule has 1 atom stereocenters. The molecule has 0 saturated heterocycles. The molecule has 0 spiro atoms. The SMILES string of the molecule is CCC(CC)Cn1c(C(C)Cl)nc2ccc(OC)cc21. The van der Waals surface area contributed by atoms with Gasteiger partial charge in [0.25, 0.3) is 0 Å². The van der Waals surface area contributed by atoms with E-state index in [1.54, 1.807) is 7.11 Å². The predicted molar refractivity (Wildman–Crippen MR) is 84.6 cm³/mol. The molecule has 0 aliphatic heterocycles. The molecule has 110 valence electrons. The second-order valence-electron chi connectivity index (χ2n) is 5.23. The molecule has 0 radical (unpaired) electrons. The van der Waals surface area contributed by atoms with E-state index in [1.165, 1.54) is 0 Å². The van der Waals surface area contributed by atoms with Crippen molar-refractivity contribution in [3.05, 3.63) is 24.0 Å². The molecular weight excluding hydrogens is 272 g/mol. The average molecular weight is 295 g/mol. The number of fused-ring (bicyclic) bond motifs is 1. The minimum absolute atomic E-state index is 0.0947. The maximum absolute atomic E-state index is 6.31. The van der Waals surface area contributed by atoms with Gasteiger partial charge >= 0.3 is 0 Å². The van der Waals surface area contributed by atoms with E-state index in [1.807, 2.05) is 25.1 Å². The molecule has 0 fully saturated rings. The van der Waals surface area contributed by atoms with Gasteiger partial charge in [-0.05, 0) is 25.0 Å². The molecule has 0 N–H and O–H groups in total. The average Bonchev–Trinajstić information content (AvgIpc) is 2.82. The summed E-state index contributed by atoms with van der Waals surface area (Å²) in [6, 6.07) is 5.99. The summed E-state index contributed by atoms with van der Waals surface area (Å²) in [7, 11) is 1.69. The maximum atomic E-state index is 6.31. The zero-order valence-corrected chi connectivity index (χ0v) is 13.4. The number of benzene rings is 1. The molecule has 0 bridgehead atoms. The van der Waals surface area contributed by atoms with Gasteiger partial charge in [0.05, 0.1) is 23.5 Å². The number of nitrogens with zero attached hydrogens (tertiary/aromatic N) is 2. The number of imidazole rings is 1. The zero-order valence-electron chi connectivity index (χ0n) is 12.7. The van der Waals surface area contributed by atoms with Gasteiger partial charge in [0.15, 0.2) is 0 Å². The third-order valence-electron chi connectivity index (χ3n) is 3.94. The molecule has 1 aromatic heterocycles. The summed E-state index contributed by atoms with van der Waals surface area (Å²) >= 11 is 6.31. The molecule has 1 unspecified atom stereocenters. The lowest BCUT2D eigenvalue weighted by molar-refractivity contribution is 0.411. The van der Waals surface area contributed by atoms with Crippen LogP contribution in [0.4, 0.5) is 0 Å². The van der Waals surface area contributed by atoms with Gasteiger partial charge in [-0.3, -0.25) is 0 Å². The van der Waals surface area contributed by atoms with Crippen LogP contribution in [0.2, 0.25) is 0 Å². The molecule has 20 heavy (non-hydrogen) atoms. The third kappa shape index (κ3) is 2.93. The Labute approximate surface area is 125 Å². The number of alkyl halides is 1. The normalized spacial score (nSPS) is 13.1. The minimum atomic E-state index is -0.0947. The summed E-state index contributed by atoms with van der Waals surface area (Å²) in [5.74, 6) is 2.45. The lowest BCUT2D eigenvalue weighted by Crippen LogP contribution is -2.12. The highest BCUT2D eigenvalue weighted by atomic mass is 35.5. The molecule has 3 nitrogen and oxygen atoms in total. The summed E-state index contributed by atoms with van der Waals surface area (Å²) in [6.07, 6.45) is 2.33. The first-order valence-electron chi connectivity index (χ1n) is 7.28. The standard InChI is InChI=1S/C16H23ClN2O/c1-5-12(6-2)10-19-15-9-13(20-4)7-8-14(15)18-16(19)11(3)17/h7-9,11-12H,5-6,10H2,1-4H3. The predicted octanol–water partition coefficient (Wildman–Crippen LogP) is 4.78. The van der Waals surface area contributed by atoms with E-state index >= 15 is 0 Å². The van der Waals surface area contributed by atoms with Gasteiger partial charge in [-0.2, -0.15) is 0 Å². The first kappa shape index (κ1) is 15.2. The van der Waals surface area contributed by atoms with E-state index in [0.29, 0.717) is 5.92 Å². The Hall–Kier alpha value is -1.22. The van der Waals surface area contributed by atoms with E-state index in [-0.39, 0.29) is 5.38 Å². The highest BCUT2D eigenvalue weighted by molar-refractivity contribution is 6.20. The van der Waals surface area contributed by atoms with Gasteiger partial charge in [-0.1, -0.05) is 26.7 Å². The Morgan fingerprint density at radius 3 is 2.55 bits per heavy atom. The number of ether oxygens (including phenoxy) is 1. The largest absolute Gasteiger partial charge is 0.497 e. The van der Waals surface area contributed by atoms with Crippen LogP contribution in [0.15, 0.2) is 18.2 Å². The molecule has 2 aromatic rings. The van der Waals surface area contributed by atoms with Gasteiger partial charge in [0.2, 0.25) is 0 Å². The fourth-order valence-corrected chi connectivity index (χ4v) is 2.72. The summed E-state index contributed by atoms with van der Waals surface area (Å²) in [4.78, 5) is 4.68. The molecule has 1 aromatic carbocycles. The lowest BCUT2D eigenvalue weighted by atomic mass is 10.0. The van der Waals surface area contributed by atoms with Gasteiger partial charge in [0.1, 0.15) is 11.6 Å². The first-order valence-corrected chi connectivity index (χ1v) is 7.72. The molecule has 0 saturated carbocycles. The van der Waals surface area contributed by atoms with Crippen LogP contribution in [0.25, 0.3) is 11.0 Å². The topological polar surface area (TPSA) is 27.1 Å². The van der Waals surface area contributed by atoms with Crippen molar-refractivity contribution < 1.29 is 4.74 Å². The van der Waals surface area contributed by atoms with Crippen LogP contribution in [0.1, 0.15) is 44.8 Å². The number of aromatic nitrogens is 2. The molecule has 4 heteroatoms. The minimum Gasteiger partial charge on any atom is -0.497 e. The van der Waals surface area contributed by atoms with Crippen LogP contribution in [0.5, 0.6) is 5.75 Å². The van der Waals surface area contributed by atoms with Crippen molar-refractivity contribution in [2.45, 2.75) is 45.5 Å². The van der Waals surface area contributed by atoms with E-state index in [2.05, 4.69) is 23.4 Å². The summed E-state index contributed by atoms with van der Waals surface area (Å²) in [6.45, 7) is 7.40. The number of halogens is 1. The Balaban J connectivity index is 2.53. The quantitative estimate of drug-likeness (QED) is 0.717. The molecule has 0 aliphatic carbocycles. The van der Waals surface area contributed by atoms with Crippen LogP contribution in [-0.2, 0) is 6.54 Å². The van der Waals surface area contributed by atoms with Crippen molar-refractivity contribution in [2.75, 3.05) is 7.11 Å². The van der Waals surface area contributed by atoms with Crippen LogP contribution < -0.4 is 4.74 Å². The number of rotatable bonds is 6. The smallest absolute Gasteiger partial charge is 0.127 e. The van der Waals surface area contributed by atoms with Crippen molar-refractivity contribution >= 4 is 22.6 Å². The molecule has 0 amide bonds. The van der Waals surface area contributed by atoms with E-state index in [4.69, 9.17) is 16.3 Å². The fraction of sp³-hybridized carbons (Fsp3) is 0.562. The van der Waals surface area contributed by atoms with Gasteiger partial charge in [-0.15, -0.1) is 11.6 Å². The number of hydrogen-bond donors (Lipinski definition) is 0. The number of methoxy groups -OCH3 is 1. The molecule has 2 rings (SSSR count). The first-order chi connectivity index (χ1) is 9.60. The molecular formula is C16H23ClN2O. The van der Waals surface area contributed by atoms with Crippen LogP contribution in [0, 0.1) is 5.92 Å². The number of hydrogen-bond acceptors (Lipinski definition) is 2. The van der Waals surface area contributed by atoms with Crippen molar-refractivity contribution in [2.24, 2.45) is 5.92 Å². The summed E-state index contributed by atoms with van der Waals surface area (Å²) < 4.78 is 7.59. The van der Waals surface area contributed by atoms with E-state index < -0.39 is 0 Å². The second-order valence-corrected chi connectivity index (χ2v) is 5.89. The van der Waals surface area contributed by atoms with E-state index in [0.717, 1.165) is 42.0 Å². The Morgan fingerprint density at radius 2 is 2.00 bits per heavy atom. The van der Waals surface area contributed by atoms with Crippen molar-refractivity contribution in [3.8, 4) is 5.75 Å². The van der Waals surface area contributed by atoms with Gasteiger partial charge in [0, 0.05) is 12.6 Å². The van der Waals surface area contributed by atoms with Crippen LogP contribution in [0.3, 0.4) is 0 Å².